The van der Waals surface area contributed by atoms with E-state index in [1.54, 1.807) is 30.6 Å². The van der Waals surface area contributed by atoms with Crippen LogP contribution in [0.25, 0.3) is 11.1 Å². The molecule has 6 rings (SSSR count). The number of aromatic nitrogens is 1. The van der Waals surface area contributed by atoms with Crippen molar-refractivity contribution in [3.8, 4) is 11.1 Å². The molecule has 41 heavy (non-hydrogen) atoms. The third kappa shape index (κ3) is 5.55. The maximum Gasteiger partial charge on any atom is 0.337 e. The lowest BCUT2D eigenvalue weighted by Crippen LogP contribution is -2.36. The van der Waals surface area contributed by atoms with Crippen molar-refractivity contribution in [3.63, 3.8) is 0 Å². The maximum absolute atomic E-state index is 13.4. The van der Waals surface area contributed by atoms with Crippen molar-refractivity contribution in [3.05, 3.63) is 125 Å². The summed E-state index contributed by atoms with van der Waals surface area (Å²) in [7, 11) is 1.38. The fraction of sp³-hybridized carbons (Fsp3) is 0.257. The third-order valence-electron chi connectivity index (χ3n) is 8.39. The van der Waals surface area contributed by atoms with E-state index in [1.807, 2.05) is 41.3 Å². The Morgan fingerprint density at radius 1 is 0.902 bits per heavy atom. The van der Waals surface area contributed by atoms with Crippen LogP contribution < -0.4 is 0 Å². The van der Waals surface area contributed by atoms with Gasteiger partial charge in [0.15, 0.2) is 0 Å². The zero-order valence-electron chi connectivity index (χ0n) is 23.1. The van der Waals surface area contributed by atoms with E-state index in [4.69, 9.17) is 4.74 Å². The predicted molar refractivity (Wildman–Crippen MR) is 157 cm³/mol. The molecular weight excluding hydrogens is 512 g/mol. The van der Waals surface area contributed by atoms with Gasteiger partial charge in [0.1, 0.15) is 5.78 Å². The number of benzene rings is 3. The summed E-state index contributed by atoms with van der Waals surface area (Å²) in [6.07, 6.45) is 5.99. The first-order valence-electron chi connectivity index (χ1n) is 14.1. The highest BCUT2D eigenvalue weighted by Gasteiger charge is 2.43. The van der Waals surface area contributed by atoms with Crippen LogP contribution in [0.15, 0.2) is 91.3 Å². The van der Waals surface area contributed by atoms with Gasteiger partial charge in [0.05, 0.1) is 12.7 Å². The Balaban J connectivity index is 1.28. The van der Waals surface area contributed by atoms with Crippen LogP contribution in [0.1, 0.15) is 61.7 Å². The molecule has 1 aliphatic heterocycles. The molecule has 0 radical (unpaired) electrons. The molecule has 2 unspecified atom stereocenters. The van der Waals surface area contributed by atoms with Crippen LogP contribution in [0.5, 0.6) is 0 Å². The van der Waals surface area contributed by atoms with E-state index in [1.165, 1.54) is 18.2 Å². The van der Waals surface area contributed by atoms with Gasteiger partial charge >= 0.3 is 5.97 Å². The van der Waals surface area contributed by atoms with E-state index >= 15 is 0 Å². The van der Waals surface area contributed by atoms with Gasteiger partial charge in [-0.15, -0.1) is 0 Å². The van der Waals surface area contributed by atoms with Gasteiger partial charge in [-0.05, 0) is 82.8 Å². The molecule has 0 saturated heterocycles. The van der Waals surface area contributed by atoms with Crippen molar-refractivity contribution in [2.45, 2.75) is 38.1 Å². The summed E-state index contributed by atoms with van der Waals surface area (Å²) in [4.78, 5) is 44.7. The van der Waals surface area contributed by atoms with Crippen LogP contribution in [-0.2, 0) is 28.9 Å². The molecule has 1 aromatic heterocycles. The smallest absolute Gasteiger partial charge is 0.337 e. The number of ether oxygens (including phenoxy) is 1. The van der Waals surface area contributed by atoms with E-state index in [9.17, 15) is 14.4 Å². The van der Waals surface area contributed by atoms with Gasteiger partial charge in [0, 0.05) is 43.4 Å². The van der Waals surface area contributed by atoms with E-state index < -0.39 is 0 Å². The molecule has 206 valence electrons. The standard InChI is InChI=1S/C35H32N2O4/c1-41-35(40)27-9-5-8-26(20-27)28-12-10-24(11-13-33(38)31-21-30(31)23-6-3-2-4-7-23)32-22-37(19-16-29(28)32)34(39)25-14-17-36-18-15-25/h2-10,12,14-15,17-18,20,30-31H,11,13,16,19,21-22H2,1H3. The molecule has 1 aliphatic carbocycles. The molecule has 6 heteroatoms. The van der Waals surface area contributed by atoms with Gasteiger partial charge < -0.3 is 9.64 Å². The highest BCUT2D eigenvalue weighted by molar-refractivity contribution is 5.94. The second-order valence-corrected chi connectivity index (χ2v) is 10.8. The topological polar surface area (TPSA) is 76.6 Å². The van der Waals surface area contributed by atoms with Gasteiger partial charge in [-0.25, -0.2) is 4.79 Å². The molecule has 2 heterocycles. The lowest BCUT2D eigenvalue weighted by atomic mass is 9.85. The number of methoxy groups -OCH3 is 1. The largest absolute Gasteiger partial charge is 0.465 e. The van der Waals surface area contributed by atoms with Crippen molar-refractivity contribution < 1.29 is 19.1 Å². The van der Waals surface area contributed by atoms with Crippen LogP contribution in [0.4, 0.5) is 0 Å². The molecule has 4 aromatic rings. The van der Waals surface area contributed by atoms with Gasteiger partial charge in [-0.2, -0.15) is 0 Å². The molecule has 1 fully saturated rings. The lowest BCUT2D eigenvalue weighted by Gasteiger charge is -2.32. The Bertz CT molecular complexity index is 1600. The van der Waals surface area contributed by atoms with E-state index in [-0.39, 0.29) is 17.8 Å². The average molecular weight is 545 g/mol. The minimum Gasteiger partial charge on any atom is -0.465 e. The number of hydrogen-bond donors (Lipinski definition) is 0. The number of carbonyl (C=O) groups is 3. The summed E-state index contributed by atoms with van der Waals surface area (Å²) >= 11 is 0. The molecule has 0 spiro atoms. The first-order valence-corrected chi connectivity index (χ1v) is 14.1. The van der Waals surface area contributed by atoms with Gasteiger partial charge in [0.2, 0.25) is 0 Å². The van der Waals surface area contributed by atoms with Gasteiger partial charge in [0.25, 0.3) is 5.91 Å². The number of rotatable bonds is 8. The second kappa shape index (κ2) is 11.5. The van der Waals surface area contributed by atoms with Gasteiger partial charge in [-0.3, -0.25) is 14.6 Å². The Morgan fingerprint density at radius 2 is 1.71 bits per heavy atom. The highest BCUT2D eigenvalue weighted by atomic mass is 16.5. The first kappa shape index (κ1) is 26.6. The SMILES string of the molecule is COC(=O)c1cccc(-c2ccc(CCC(=O)C3CC3c3ccccc3)c3c2CCN(C(=O)c2ccncc2)C3)c1. The zero-order chi connectivity index (χ0) is 28.3. The van der Waals surface area contributed by atoms with Crippen LogP contribution in [0, 0.1) is 5.92 Å². The average Bonchev–Trinajstić information content (AvgIpc) is 3.85. The number of amides is 1. The quantitative estimate of drug-likeness (QED) is 0.253. The number of carbonyl (C=O) groups excluding carboxylic acids is 3. The summed E-state index contributed by atoms with van der Waals surface area (Å²) in [6, 6.07) is 25.4. The summed E-state index contributed by atoms with van der Waals surface area (Å²) in [6.45, 7) is 1.06. The molecule has 2 aliphatic rings. The summed E-state index contributed by atoms with van der Waals surface area (Å²) < 4.78 is 4.94. The number of nitrogens with zero attached hydrogens (tertiary/aromatic N) is 2. The van der Waals surface area contributed by atoms with Crippen molar-refractivity contribution in [2.24, 2.45) is 5.92 Å². The molecule has 3 aromatic carbocycles. The number of Topliss-reactive ketones (excluding diaryl/α,β-unsaturated/α-hetero) is 1. The minimum absolute atomic E-state index is 0.0261. The van der Waals surface area contributed by atoms with Crippen LogP contribution in [-0.4, -0.2) is 41.2 Å². The van der Waals surface area contributed by atoms with Crippen LogP contribution in [0.2, 0.25) is 0 Å². The number of fused-ring (bicyclic) bond motifs is 1. The number of ketones is 1. The minimum atomic E-state index is -0.376. The molecule has 2 atom stereocenters. The van der Waals surface area contributed by atoms with Crippen molar-refractivity contribution >= 4 is 17.7 Å². The predicted octanol–water partition coefficient (Wildman–Crippen LogP) is 6.04. The highest BCUT2D eigenvalue weighted by Crippen LogP contribution is 2.48. The Morgan fingerprint density at radius 3 is 2.49 bits per heavy atom. The maximum atomic E-state index is 13.4. The molecule has 6 nitrogen and oxygen atoms in total. The van der Waals surface area contributed by atoms with Crippen LogP contribution >= 0.6 is 0 Å². The zero-order valence-corrected chi connectivity index (χ0v) is 23.1. The number of aryl methyl sites for hydroxylation is 1. The fourth-order valence-electron chi connectivity index (χ4n) is 6.09. The van der Waals surface area contributed by atoms with Gasteiger partial charge in [-0.1, -0.05) is 54.6 Å². The van der Waals surface area contributed by atoms with E-state index in [0.29, 0.717) is 55.2 Å². The van der Waals surface area contributed by atoms with Crippen molar-refractivity contribution in [2.75, 3.05) is 13.7 Å². The van der Waals surface area contributed by atoms with E-state index in [0.717, 1.165) is 28.7 Å². The molecule has 1 amide bonds. The van der Waals surface area contributed by atoms with E-state index in [2.05, 4.69) is 29.2 Å². The Hall–Kier alpha value is -4.58. The summed E-state index contributed by atoms with van der Waals surface area (Å²) in [5, 5.41) is 0. The monoisotopic (exact) mass is 544 g/mol. The van der Waals surface area contributed by atoms with Crippen LogP contribution in [0.3, 0.4) is 0 Å². The fourth-order valence-corrected chi connectivity index (χ4v) is 6.09. The Labute approximate surface area is 240 Å². The van der Waals surface area contributed by atoms with Crippen molar-refractivity contribution in [1.82, 2.24) is 9.88 Å². The lowest BCUT2D eigenvalue weighted by molar-refractivity contribution is -0.120. The number of pyridine rings is 1. The molecule has 0 bridgehead atoms. The van der Waals surface area contributed by atoms with Crippen molar-refractivity contribution in [1.29, 1.82) is 0 Å². The molecule has 1 saturated carbocycles. The summed E-state index contributed by atoms with van der Waals surface area (Å²) in [5.74, 6) is 0.331. The molecular formula is C35H32N2O4. The third-order valence-corrected chi connectivity index (χ3v) is 8.39. The number of esters is 1. The normalized spacial score (nSPS) is 17.4. The Kier molecular flexibility index (Phi) is 7.47. The molecule has 0 N–H and O–H groups in total. The first-order chi connectivity index (χ1) is 20.0. The number of hydrogen-bond acceptors (Lipinski definition) is 5. The summed E-state index contributed by atoms with van der Waals surface area (Å²) in [5.41, 5.74) is 7.70. The second-order valence-electron chi connectivity index (χ2n) is 10.8.